The minimum atomic E-state index is 0.393. The number of hydrogen-bond acceptors (Lipinski definition) is 2. The average Bonchev–Trinajstić information content (AvgIpc) is 2.34. The summed E-state index contributed by atoms with van der Waals surface area (Å²) in [5, 5.41) is 13.5. The average molecular weight is 255 g/mol. The van der Waals surface area contributed by atoms with Gasteiger partial charge < -0.3 is 10.4 Å². The van der Waals surface area contributed by atoms with Crippen LogP contribution in [0.1, 0.15) is 27.8 Å². The molecule has 0 radical (unpaired) electrons. The van der Waals surface area contributed by atoms with Gasteiger partial charge in [0.2, 0.25) is 0 Å². The minimum absolute atomic E-state index is 0.393. The topological polar surface area (TPSA) is 32.3 Å². The monoisotopic (exact) mass is 255 g/mol. The number of nitrogens with one attached hydrogen (secondary N) is 1. The first kappa shape index (κ1) is 13.5. The highest BCUT2D eigenvalue weighted by atomic mass is 16.3. The van der Waals surface area contributed by atoms with E-state index in [1.54, 1.807) is 0 Å². The van der Waals surface area contributed by atoms with Gasteiger partial charge >= 0.3 is 0 Å². The fourth-order valence-electron chi connectivity index (χ4n) is 2.46. The fraction of sp³-hybridized carbons (Fsp3) is 0.294. The van der Waals surface area contributed by atoms with E-state index in [1.807, 2.05) is 19.1 Å². The molecule has 0 unspecified atom stereocenters. The molecule has 0 spiro atoms. The molecule has 0 saturated carbocycles. The number of aryl methyl sites for hydroxylation is 4. The van der Waals surface area contributed by atoms with E-state index in [2.05, 4.69) is 44.3 Å². The lowest BCUT2D eigenvalue weighted by Gasteiger charge is -2.14. The highest BCUT2D eigenvalue weighted by molar-refractivity contribution is 5.57. The van der Waals surface area contributed by atoms with E-state index < -0.39 is 0 Å². The van der Waals surface area contributed by atoms with Crippen molar-refractivity contribution < 1.29 is 5.11 Å². The fourth-order valence-corrected chi connectivity index (χ4v) is 2.46. The van der Waals surface area contributed by atoms with Crippen LogP contribution in [0.2, 0.25) is 0 Å². The number of benzene rings is 2. The zero-order valence-electron chi connectivity index (χ0n) is 12.0. The third kappa shape index (κ3) is 2.90. The van der Waals surface area contributed by atoms with Crippen LogP contribution >= 0.6 is 0 Å². The summed E-state index contributed by atoms with van der Waals surface area (Å²) in [6.07, 6.45) is 0. The number of phenolic OH excluding ortho intramolecular Hbond substituents is 1. The number of para-hydroxylation sites is 1. The van der Waals surface area contributed by atoms with Gasteiger partial charge in [-0.05, 0) is 44.4 Å². The third-order valence-electron chi connectivity index (χ3n) is 3.46. The molecule has 2 aromatic carbocycles. The van der Waals surface area contributed by atoms with Crippen LogP contribution in [0.4, 0.5) is 5.69 Å². The summed E-state index contributed by atoms with van der Waals surface area (Å²) in [7, 11) is 0. The van der Waals surface area contributed by atoms with Gasteiger partial charge in [0.15, 0.2) is 0 Å². The Morgan fingerprint density at radius 3 is 2.21 bits per heavy atom. The van der Waals surface area contributed by atoms with Crippen molar-refractivity contribution >= 4 is 5.69 Å². The molecule has 0 aliphatic heterocycles. The van der Waals surface area contributed by atoms with Crippen molar-refractivity contribution in [3.05, 3.63) is 58.1 Å². The molecule has 2 heteroatoms. The SMILES string of the molecule is Cc1cc(C)c(O)c(CNc2c(C)cccc2C)c1. The summed E-state index contributed by atoms with van der Waals surface area (Å²) in [5.41, 5.74) is 6.65. The van der Waals surface area contributed by atoms with Crippen LogP contribution in [0.5, 0.6) is 5.75 Å². The molecule has 2 aromatic rings. The maximum Gasteiger partial charge on any atom is 0.123 e. The quantitative estimate of drug-likeness (QED) is 0.860. The number of phenols is 1. The zero-order chi connectivity index (χ0) is 14.0. The molecule has 0 aliphatic carbocycles. The number of hydrogen-bond donors (Lipinski definition) is 2. The standard InChI is InChI=1S/C17H21NO/c1-11-8-14(4)17(19)15(9-11)10-18-16-12(2)6-5-7-13(16)3/h5-9,18-19H,10H2,1-4H3. The van der Waals surface area contributed by atoms with Gasteiger partial charge in [-0.1, -0.05) is 35.9 Å². The smallest absolute Gasteiger partial charge is 0.123 e. The molecule has 100 valence electrons. The molecular weight excluding hydrogens is 234 g/mol. The lowest BCUT2D eigenvalue weighted by atomic mass is 10.0. The molecule has 19 heavy (non-hydrogen) atoms. The molecule has 0 fully saturated rings. The first-order valence-corrected chi connectivity index (χ1v) is 6.58. The number of rotatable bonds is 3. The second-order valence-corrected chi connectivity index (χ2v) is 5.21. The van der Waals surface area contributed by atoms with Crippen molar-refractivity contribution in [2.75, 3.05) is 5.32 Å². The van der Waals surface area contributed by atoms with Crippen LogP contribution < -0.4 is 5.32 Å². The Morgan fingerprint density at radius 2 is 1.58 bits per heavy atom. The van der Waals surface area contributed by atoms with E-state index in [-0.39, 0.29) is 0 Å². The van der Waals surface area contributed by atoms with E-state index >= 15 is 0 Å². The number of anilines is 1. The molecule has 0 heterocycles. The van der Waals surface area contributed by atoms with Crippen LogP contribution in [0, 0.1) is 27.7 Å². The molecule has 0 amide bonds. The van der Waals surface area contributed by atoms with Gasteiger partial charge in [0.1, 0.15) is 5.75 Å². The minimum Gasteiger partial charge on any atom is -0.507 e. The molecule has 2 rings (SSSR count). The third-order valence-corrected chi connectivity index (χ3v) is 3.46. The molecule has 2 nitrogen and oxygen atoms in total. The Morgan fingerprint density at radius 1 is 0.947 bits per heavy atom. The lowest BCUT2D eigenvalue weighted by molar-refractivity contribution is 0.464. The second kappa shape index (κ2) is 5.35. The first-order chi connectivity index (χ1) is 8.99. The van der Waals surface area contributed by atoms with E-state index in [0.29, 0.717) is 12.3 Å². The van der Waals surface area contributed by atoms with Gasteiger partial charge in [0.05, 0.1) is 0 Å². The number of aromatic hydroxyl groups is 1. The van der Waals surface area contributed by atoms with Crippen LogP contribution in [0.3, 0.4) is 0 Å². The summed E-state index contributed by atoms with van der Waals surface area (Å²) >= 11 is 0. The Balaban J connectivity index is 2.24. The van der Waals surface area contributed by atoms with Crippen molar-refractivity contribution in [1.29, 1.82) is 0 Å². The highest BCUT2D eigenvalue weighted by Gasteiger charge is 2.07. The van der Waals surface area contributed by atoms with Crippen molar-refractivity contribution in [2.45, 2.75) is 34.2 Å². The predicted molar refractivity (Wildman–Crippen MR) is 80.8 cm³/mol. The van der Waals surface area contributed by atoms with Gasteiger partial charge in [0.25, 0.3) is 0 Å². The largest absolute Gasteiger partial charge is 0.507 e. The van der Waals surface area contributed by atoms with E-state index in [4.69, 9.17) is 0 Å². The molecule has 2 N–H and O–H groups in total. The van der Waals surface area contributed by atoms with Crippen molar-refractivity contribution in [2.24, 2.45) is 0 Å². The van der Waals surface area contributed by atoms with Gasteiger partial charge in [-0.15, -0.1) is 0 Å². The van der Waals surface area contributed by atoms with E-state index in [1.165, 1.54) is 16.7 Å². The molecular formula is C17H21NO. The summed E-state index contributed by atoms with van der Waals surface area (Å²) in [6, 6.07) is 10.3. The van der Waals surface area contributed by atoms with Crippen LogP contribution in [-0.4, -0.2) is 5.11 Å². The van der Waals surface area contributed by atoms with Crippen LogP contribution in [0.25, 0.3) is 0 Å². The molecule has 0 saturated heterocycles. The zero-order valence-corrected chi connectivity index (χ0v) is 12.0. The van der Waals surface area contributed by atoms with Crippen LogP contribution in [0.15, 0.2) is 30.3 Å². The summed E-state index contributed by atoms with van der Waals surface area (Å²) in [5.74, 6) is 0.393. The summed E-state index contributed by atoms with van der Waals surface area (Å²) in [4.78, 5) is 0. The van der Waals surface area contributed by atoms with E-state index in [0.717, 1.165) is 16.8 Å². The van der Waals surface area contributed by atoms with Gasteiger partial charge in [0, 0.05) is 17.8 Å². The van der Waals surface area contributed by atoms with E-state index in [9.17, 15) is 5.11 Å². The predicted octanol–water partition coefficient (Wildman–Crippen LogP) is 4.24. The molecule has 0 atom stereocenters. The molecule has 0 bridgehead atoms. The lowest BCUT2D eigenvalue weighted by Crippen LogP contribution is -2.04. The normalized spacial score (nSPS) is 10.5. The Bertz CT molecular complexity index is 582. The Labute approximate surface area is 115 Å². The van der Waals surface area contributed by atoms with Crippen molar-refractivity contribution in [3.8, 4) is 5.75 Å². The van der Waals surface area contributed by atoms with Gasteiger partial charge in [-0.2, -0.15) is 0 Å². The summed E-state index contributed by atoms with van der Waals surface area (Å²) < 4.78 is 0. The van der Waals surface area contributed by atoms with Crippen LogP contribution in [-0.2, 0) is 6.54 Å². The van der Waals surface area contributed by atoms with Crippen molar-refractivity contribution in [1.82, 2.24) is 0 Å². The first-order valence-electron chi connectivity index (χ1n) is 6.58. The molecule has 0 aromatic heterocycles. The highest BCUT2D eigenvalue weighted by Crippen LogP contribution is 2.26. The van der Waals surface area contributed by atoms with Crippen molar-refractivity contribution in [3.63, 3.8) is 0 Å². The maximum atomic E-state index is 10.1. The maximum absolute atomic E-state index is 10.1. The Kier molecular flexibility index (Phi) is 3.79. The van der Waals surface area contributed by atoms with Gasteiger partial charge in [-0.3, -0.25) is 0 Å². The second-order valence-electron chi connectivity index (χ2n) is 5.21. The Hall–Kier alpha value is -1.96. The van der Waals surface area contributed by atoms with Gasteiger partial charge in [-0.25, -0.2) is 0 Å². The molecule has 0 aliphatic rings. The summed E-state index contributed by atoms with van der Waals surface area (Å²) in [6.45, 7) is 8.81.